The van der Waals surface area contributed by atoms with Crippen molar-refractivity contribution in [3.05, 3.63) is 38.3 Å². The Morgan fingerprint density at radius 1 is 1.31 bits per heavy atom. The maximum Gasteiger partial charge on any atom is 0.229 e. The fraction of sp³-hybridized carbons (Fsp3) is 0.200. The van der Waals surface area contributed by atoms with Gasteiger partial charge in [0.05, 0.1) is 5.69 Å². The third-order valence-electron chi connectivity index (χ3n) is 2.16. The highest BCUT2D eigenvalue weighted by Crippen LogP contribution is 2.28. The van der Waals surface area contributed by atoms with Gasteiger partial charge in [0.25, 0.3) is 0 Å². The van der Waals surface area contributed by atoms with Gasteiger partial charge in [-0.25, -0.2) is 0 Å². The van der Waals surface area contributed by atoms with Gasteiger partial charge in [-0.1, -0.05) is 22.9 Å². The average Bonchev–Trinajstić information content (AvgIpc) is 2.60. The fourth-order valence-electron chi connectivity index (χ4n) is 1.42. The van der Waals surface area contributed by atoms with Gasteiger partial charge in [-0.3, -0.25) is 4.57 Å². The summed E-state index contributed by atoms with van der Waals surface area (Å²) in [6.45, 7) is 2.02. The van der Waals surface area contributed by atoms with Crippen LogP contribution in [0.4, 0.5) is 0 Å². The first-order valence-electron chi connectivity index (χ1n) is 4.68. The Balaban J connectivity index is 2.62. The van der Waals surface area contributed by atoms with Crippen molar-refractivity contribution >= 4 is 43.5 Å². The van der Waals surface area contributed by atoms with Gasteiger partial charge in [-0.05, 0) is 45.7 Å². The van der Waals surface area contributed by atoms with Crippen molar-refractivity contribution in [2.75, 3.05) is 0 Å². The van der Waals surface area contributed by atoms with Crippen molar-refractivity contribution in [3.8, 4) is 5.69 Å². The van der Waals surface area contributed by atoms with Gasteiger partial charge < -0.3 is 0 Å². The van der Waals surface area contributed by atoms with E-state index in [1.165, 1.54) is 0 Å². The normalized spacial score (nSPS) is 10.8. The molecular weight excluding hydrogens is 357 g/mol. The highest BCUT2D eigenvalue weighted by molar-refractivity contribution is 9.11. The van der Waals surface area contributed by atoms with E-state index < -0.39 is 0 Å². The van der Waals surface area contributed by atoms with Crippen LogP contribution in [0.25, 0.3) is 5.69 Å². The molecule has 0 N–H and O–H groups in total. The molecule has 0 unspecified atom stereocenters. The third kappa shape index (κ3) is 2.17. The zero-order valence-electron chi connectivity index (χ0n) is 8.41. The first kappa shape index (κ1) is 12.1. The maximum atomic E-state index is 6.03. The molecule has 16 heavy (non-hydrogen) atoms. The summed E-state index contributed by atoms with van der Waals surface area (Å²) in [5.41, 5.74) is 0.940. The molecule has 1 aromatic carbocycles. The van der Waals surface area contributed by atoms with E-state index in [9.17, 15) is 0 Å². The predicted molar refractivity (Wildman–Crippen MR) is 71.1 cm³/mol. The summed E-state index contributed by atoms with van der Waals surface area (Å²) in [7, 11) is 0. The van der Waals surface area contributed by atoms with Gasteiger partial charge in [0.1, 0.15) is 5.82 Å². The smallest absolute Gasteiger partial charge is 0.229 e. The molecule has 0 amide bonds. The van der Waals surface area contributed by atoms with Crippen molar-refractivity contribution < 1.29 is 0 Å². The lowest BCUT2D eigenvalue weighted by Crippen LogP contribution is -2.01. The molecule has 84 valence electrons. The molecule has 2 aromatic rings. The van der Waals surface area contributed by atoms with Crippen LogP contribution >= 0.6 is 43.5 Å². The van der Waals surface area contributed by atoms with Crippen LogP contribution in [-0.4, -0.2) is 14.8 Å². The summed E-state index contributed by atoms with van der Waals surface area (Å²) in [6, 6.07) is 5.88. The number of nitrogens with zero attached hydrogens (tertiary/aromatic N) is 3. The van der Waals surface area contributed by atoms with E-state index in [-0.39, 0.29) is 0 Å². The van der Waals surface area contributed by atoms with Crippen LogP contribution in [0.15, 0.2) is 27.1 Å². The molecular formula is C10H8Br2ClN3. The minimum Gasteiger partial charge on any atom is -0.269 e. The lowest BCUT2D eigenvalue weighted by molar-refractivity contribution is 0.881. The highest BCUT2D eigenvalue weighted by Gasteiger charge is 2.13. The summed E-state index contributed by atoms with van der Waals surface area (Å²) >= 11 is 12.9. The highest BCUT2D eigenvalue weighted by atomic mass is 79.9. The summed E-state index contributed by atoms with van der Waals surface area (Å²) in [6.07, 6.45) is 0.780. The first-order chi connectivity index (χ1) is 7.63. The fourth-order valence-corrected chi connectivity index (χ4v) is 2.88. The van der Waals surface area contributed by atoms with Gasteiger partial charge in [0.2, 0.25) is 5.28 Å². The number of hydrogen-bond donors (Lipinski definition) is 0. The molecule has 1 aromatic heterocycles. The van der Waals surface area contributed by atoms with Crippen LogP contribution < -0.4 is 0 Å². The number of aryl methyl sites for hydroxylation is 1. The summed E-state index contributed by atoms with van der Waals surface area (Å²) < 4.78 is 3.78. The van der Waals surface area contributed by atoms with Gasteiger partial charge in [0, 0.05) is 15.4 Å². The summed E-state index contributed by atoms with van der Waals surface area (Å²) in [5, 5.41) is 8.27. The molecule has 0 atom stereocenters. The van der Waals surface area contributed by atoms with Crippen molar-refractivity contribution in [3.63, 3.8) is 0 Å². The molecule has 0 aliphatic rings. The van der Waals surface area contributed by atoms with Gasteiger partial charge in [-0.15, -0.1) is 10.2 Å². The Morgan fingerprint density at radius 2 is 2.06 bits per heavy atom. The van der Waals surface area contributed by atoms with Crippen molar-refractivity contribution in [1.82, 2.24) is 14.8 Å². The maximum absolute atomic E-state index is 6.03. The van der Waals surface area contributed by atoms with Crippen molar-refractivity contribution in [1.29, 1.82) is 0 Å². The molecule has 0 saturated heterocycles. The average molecular weight is 365 g/mol. The van der Waals surface area contributed by atoms with E-state index in [4.69, 9.17) is 11.6 Å². The molecule has 3 nitrogen and oxygen atoms in total. The summed E-state index contributed by atoms with van der Waals surface area (Å²) in [4.78, 5) is 0. The van der Waals surface area contributed by atoms with Crippen LogP contribution in [0.3, 0.4) is 0 Å². The van der Waals surface area contributed by atoms with Crippen LogP contribution in [-0.2, 0) is 6.42 Å². The number of rotatable bonds is 2. The molecule has 0 radical (unpaired) electrons. The quantitative estimate of drug-likeness (QED) is 0.805. The number of halogens is 3. The Morgan fingerprint density at radius 3 is 2.69 bits per heavy atom. The molecule has 6 heteroatoms. The largest absolute Gasteiger partial charge is 0.269 e. The van der Waals surface area contributed by atoms with E-state index >= 15 is 0 Å². The van der Waals surface area contributed by atoms with E-state index in [0.29, 0.717) is 5.28 Å². The van der Waals surface area contributed by atoms with E-state index in [1.54, 1.807) is 0 Å². The zero-order chi connectivity index (χ0) is 11.7. The Kier molecular flexibility index (Phi) is 3.66. The van der Waals surface area contributed by atoms with Crippen LogP contribution in [0.2, 0.25) is 5.28 Å². The zero-order valence-corrected chi connectivity index (χ0v) is 12.3. The summed E-state index contributed by atoms with van der Waals surface area (Å²) in [5.74, 6) is 0.841. The van der Waals surface area contributed by atoms with Gasteiger partial charge >= 0.3 is 0 Å². The van der Waals surface area contributed by atoms with Crippen LogP contribution in [0.5, 0.6) is 0 Å². The molecule has 0 spiro atoms. The number of hydrogen-bond acceptors (Lipinski definition) is 2. The Hall–Kier alpha value is -0.390. The molecule has 2 rings (SSSR count). The van der Waals surface area contributed by atoms with Crippen LogP contribution in [0.1, 0.15) is 12.7 Å². The number of aromatic nitrogens is 3. The molecule has 0 fully saturated rings. The van der Waals surface area contributed by atoms with Crippen molar-refractivity contribution in [2.24, 2.45) is 0 Å². The van der Waals surface area contributed by atoms with E-state index in [1.807, 2.05) is 29.7 Å². The Labute approximate surface area is 115 Å². The third-order valence-corrected chi connectivity index (χ3v) is 3.53. The van der Waals surface area contributed by atoms with Crippen molar-refractivity contribution in [2.45, 2.75) is 13.3 Å². The standard InChI is InChI=1S/C10H8Br2ClN3/c1-2-9-14-15-10(13)16(9)8-4-3-6(11)5-7(8)12/h3-5H,2H2,1H3. The molecule has 0 bridgehead atoms. The minimum atomic E-state index is 0.375. The van der Waals surface area contributed by atoms with Gasteiger partial charge in [0.15, 0.2) is 0 Å². The molecule has 0 aliphatic heterocycles. The van der Waals surface area contributed by atoms with Crippen LogP contribution in [0, 0.1) is 0 Å². The van der Waals surface area contributed by atoms with E-state index in [2.05, 4.69) is 42.1 Å². The minimum absolute atomic E-state index is 0.375. The SMILES string of the molecule is CCc1nnc(Cl)n1-c1ccc(Br)cc1Br. The Bertz CT molecular complexity index is 525. The monoisotopic (exact) mass is 363 g/mol. The lowest BCUT2D eigenvalue weighted by Gasteiger charge is -2.09. The first-order valence-corrected chi connectivity index (χ1v) is 6.65. The second-order valence-corrected chi connectivity index (χ2v) is 5.28. The topological polar surface area (TPSA) is 30.7 Å². The van der Waals surface area contributed by atoms with E-state index in [0.717, 1.165) is 26.9 Å². The second kappa shape index (κ2) is 4.85. The second-order valence-electron chi connectivity index (χ2n) is 3.17. The molecule has 0 aliphatic carbocycles. The number of benzene rings is 1. The molecule has 1 heterocycles. The molecule has 0 saturated carbocycles. The lowest BCUT2D eigenvalue weighted by atomic mass is 10.3. The van der Waals surface area contributed by atoms with Gasteiger partial charge in [-0.2, -0.15) is 0 Å². The predicted octanol–water partition coefficient (Wildman–Crippen LogP) is 4.01.